The number of amides is 1. The van der Waals surface area contributed by atoms with Crippen LogP contribution in [0.25, 0.3) is 16.9 Å². The molecule has 2 aromatic carbocycles. The minimum absolute atomic E-state index is 0.206. The number of nitrogens with zero attached hydrogens (tertiary/aromatic N) is 4. The van der Waals surface area contributed by atoms with Crippen molar-refractivity contribution in [3.63, 3.8) is 0 Å². The summed E-state index contributed by atoms with van der Waals surface area (Å²) in [7, 11) is 0. The van der Waals surface area contributed by atoms with E-state index in [0.29, 0.717) is 18.1 Å². The molecule has 0 aliphatic carbocycles. The second-order valence-corrected chi connectivity index (χ2v) is 9.20. The van der Waals surface area contributed by atoms with Gasteiger partial charge in [0.2, 0.25) is 5.91 Å². The van der Waals surface area contributed by atoms with Crippen LogP contribution >= 0.6 is 11.6 Å². The van der Waals surface area contributed by atoms with Gasteiger partial charge in [-0.25, -0.2) is 4.98 Å². The molecule has 1 aliphatic heterocycles. The van der Waals surface area contributed by atoms with Crippen LogP contribution < -0.4 is 4.74 Å². The number of benzene rings is 2. The first kappa shape index (κ1) is 23.4. The Morgan fingerprint density at radius 1 is 0.914 bits per heavy atom. The third-order valence-corrected chi connectivity index (χ3v) is 6.64. The van der Waals surface area contributed by atoms with Gasteiger partial charge in [0.25, 0.3) is 0 Å². The highest BCUT2D eigenvalue weighted by Crippen LogP contribution is 2.27. The number of para-hydroxylation sites is 1. The summed E-state index contributed by atoms with van der Waals surface area (Å²) in [6.07, 6.45) is 3.30. The lowest BCUT2D eigenvalue weighted by molar-refractivity contribution is -0.133. The Morgan fingerprint density at radius 2 is 1.66 bits per heavy atom. The van der Waals surface area contributed by atoms with Gasteiger partial charge in [-0.15, -0.1) is 0 Å². The molecule has 4 aromatic rings. The molecule has 6 nitrogen and oxygen atoms in total. The molecule has 0 radical (unpaired) electrons. The van der Waals surface area contributed by atoms with E-state index in [9.17, 15) is 4.79 Å². The Balaban J connectivity index is 1.17. The fourth-order valence-corrected chi connectivity index (χ4v) is 4.62. The Labute approximate surface area is 210 Å². The van der Waals surface area contributed by atoms with Gasteiger partial charge in [-0.3, -0.25) is 9.69 Å². The molecule has 3 heterocycles. The van der Waals surface area contributed by atoms with E-state index in [1.165, 1.54) is 0 Å². The number of imidazole rings is 1. The van der Waals surface area contributed by atoms with E-state index in [0.717, 1.165) is 67.5 Å². The van der Waals surface area contributed by atoms with Crippen molar-refractivity contribution >= 4 is 23.2 Å². The molecular formula is C28H29ClN4O2. The summed E-state index contributed by atoms with van der Waals surface area (Å²) in [5.74, 6) is 1.05. The first-order valence-electron chi connectivity index (χ1n) is 12.1. The van der Waals surface area contributed by atoms with Crippen molar-refractivity contribution in [2.45, 2.75) is 19.4 Å². The van der Waals surface area contributed by atoms with Gasteiger partial charge in [-0.1, -0.05) is 48.0 Å². The predicted octanol–water partition coefficient (Wildman–Crippen LogP) is 5.16. The van der Waals surface area contributed by atoms with Gasteiger partial charge in [0.15, 0.2) is 0 Å². The minimum Gasteiger partial charge on any atom is -0.494 e. The SMILES string of the molecule is O=C(CCCOc1ccccc1)N1CCN(Cc2c(-c3ccc(Cl)cc3)nc3ccccn23)CC1. The molecule has 180 valence electrons. The van der Waals surface area contributed by atoms with Crippen LogP contribution in [0.3, 0.4) is 0 Å². The summed E-state index contributed by atoms with van der Waals surface area (Å²) in [5.41, 5.74) is 4.11. The van der Waals surface area contributed by atoms with E-state index in [4.69, 9.17) is 21.3 Å². The highest BCUT2D eigenvalue weighted by atomic mass is 35.5. The van der Waals surface area contributed by atoms with Crippen molar-refractivity contribution in [1.29, 1.82) is 0 Å². The monoisotopic (exact) mass is 488 g/mol. The van der Waals surface area contributed by atoms with Gasteiger partial charge < -0.3 is 14.0 Å². The second-order valence-electron chi connectivity index (χ2n) is 8.76. The average Bonchev–Trinajstić information content (AvgIpc) is 3.26. The van der Waals surface area contributed by atoms with Crippen LogP contribution in [-0.2, 0) is 11.3 Å². The molecule has 1 fully saturated rings. The smallest absolute Gasteiger partial charge is 0.222 e. The van der Waals surface area contributed by atoms with E-state index in [1.54, 1.807) is 0 Å². The molecule has 0 unspecified atom stereocenters. The molecule has 1 amide bonds. The molecule has 1 saturated heterocycles. The number of aromatic nitrogens is 2. The maximum atomic E-state index is 12.7. The lowest BCUT2D eigenvalue weighted by Crippen LogP contribution is -2.48. The lowest BCUT2D eigenvalue weighted by atomic mass is 10.1. The Hall–Kier alpha value is -3.35. The molecule has 0 N–H and O–H groups in total. The Bertz CT molecular complexity index is 1270. The maximum Gasteiger partial charge on any atom is 0.222 e. The number of piperazine rings is 1. The van der Waals surface area contributed by atoms with Crippen molar-refractivity contribution in [3.8, 4) is 17.0 Å². The Morgan fingerprint density at radius 3 is 2.43 bits per heavy atom. The fraction of sp³-hybridized carbons (Fsp3) is 0.286. The topological polar surface area (TPSA) is 50.1 Å². The number of halogens is 1. The molecule has 7 heteroatoms. The van der Waals surface area contributed by atoms with Crippen LogP contribution in [0.5, 0.6) is 5.75 Å². The summed E-state index contributed by atoms with van der Waals surface area (Å²) >= 11 is 6.11. The number of carbonyl (C=O) groups is 1. The first-order chi connectivity index (χ1) is 17.2. The molecule has 5 rings (SSSR count). The predicted molar refractivity (Wildman–Crippen MR) is 139 cm³/mol. The number of pyridine rings is 1. The van der Waals surface area contributed by atoms with E-state index in [2.05, 4.69) is 15.5 Å². The molecule has 0 bridgehead atoms. The van der Waals surface area contributed by atoms with Crippen molar-refractivity contribution in [2.24, 2.45) is 0 Å². The van der Waals surface area contributed by atoms with Crippen LogP contribution in [0, 0.1) is 0 Å². The summed E-state index contributed by atoms with van der Waals surface area (Å²) in [4.78, 5) is 22.0. The van der Waals surface area contributed by atoms with E-state index >= 15 is 0 Å². The largest absolute Gasteiger partial charge is 0.494 e. The van der Waals surface area contributed by atoms with Crippen molar-refractivity contribution < 1.29 is 9.53 Å². The highest BCUT2D eigenvalue weighted by Gasteiger charge is 2.23. The number of fused-ring (bicyclic) bond motifs is 1. The number of hydrogen-bond acceptors (Lipinski definition) is 4. The van der Waals surface area contributed by atoms with Crippen LogP contribution in [0.1, 0.15) is 18.5 Å². The standard InChI is InChI=1S/C28H29ClN4O2/c29-23-13-11-22(12-14-23)28-25(33-15-5-4-9-26(33)30-28)21-31-16-18-32(19-17-31)27(34)10-6-20-35-24-7-2-1-3-8-24/h1-5,7-9,11-15H,6,10,16-21H2. The van der Waals surface area contributed by atoms with Crippen LogP contribution in [-0.4, -0.2) is 57.9 Å². The van der Waals surface area contributed by atoms with Crippen LogP contribution in [0.2, 0.25) is 5.02 Å². The lowest BCUT2D eigenvalue weighted by Gasteiger charge is -2.34. The van der Waals surface area contributed by atoms with Gasteiger partial charge in [0.1, 0.15) is 11.4 Å². The van der Waals surface area contributed by atoms with Crippen LogP contribution in [0.15, 0.2) is 79.0 Å². The number of hydrogen-bond donors (Lipinski definition) is 0. The highest BCUT2D eigenvalue weighted by molar-refractivity contribution is 6.30. The van der Waals surface area contributed by atoms with E-state index in [1.807, 2.05) is 77.7 Å². The summed E-state index contributed by atoms with van der Waals surface area (Å²) in [5, 5.41) is 0.714. The quantitative estimate of drug-likeness (QED) is 0.321. The minimum atomic E-state index is 0.206. The maximum absolute atomic E-state index is 12.7. The summed E-state index contributed by atoms with van der Waals surface area (Å²) in [6.45, 7) is 4.49. The van der Waals surface area contributed by atoms with Crippen molar-refractivity contribution in [2.75, 3.05) is 32.8 Å². The van der Waals surface area contributed by atoms with Gasteiger partial charge in [0.05, 0.1) is 18.0 Å². The molecule has 0 atom stereocenters. The summed E-state index contributed by atoms with van der Waals surface area (Å²) < 4.78 is 7.88. The summed E-state index contributed by atoms with van der Waals surface area (Å²) in [6, 6.07) is 23.6. The van der Waals surface area contributed by atoms with Gasteiger partial charge >= 0.3 is 0 Å². The van der Waals surface area contributed by atoms with Crippen molar-refractivity contribution in [3.05, 3.63) is 89.7 Å². The van der Waals surface area contributed by atoms with Gasteiger partial charge in [-0.05, 0) is 42.8 Å². The van der Waals surface area contributed by atoms with Crippen molar-refractivity contribution in [1.82, 2.24) is 19.2 Å². The van der Waals surface area contributed by atoms with E-state index in [-0.39, 0.29) is 5.91 Å². The number of carbonyl (C=O) groups excluding carboxylic acids is 1. The third kappa shape index (κ3) is 5.66. The average molecular weight is 489 g/mol. The van der Waals surface area contributed by atoms with Crippen LogP contribution in [0.4, 0.5) is 0 Å². The van der Waals surface area contributed by atoms with E-state index < -0.39 is 0 Å². The zero-order chi connectivity index (χ0) is 24.0. The van der Waals surface area contributed by atoms with Gasteiger partial charge in [-0.2, -0.15) is 0 Å². The normalized spacial score (nSPS) is 14.4. The zero-order valence-corrected chi connectivity index (χ0v) is 20.4. The Kier molecular flexibility index (Phi) is 7.31. The molecule has 2 aromatic heterocycles. The molecule has 0 spiro atoms. The second kappa shape index (κ2) is 10.9. The first-order valence-corrected chi connectivity index (χ1v) is 12.4. The molecule has 1 aliphatic rings. The fourth-order valence-electron chi connectivity index (χ4n) is 4.49. The zero-order valence-electron chi connectivity index (χ0n) is 19.6. The molecular weight excluding hydrogens is 460 g/mol. The number of ether oxygens (including phenoxy) is 1. The third-order valence-electron chi connectivity index (χ3n) is 6.39. The number of rotatable bonds is 8. The molecule has 35 heavy (non-hydrogen) atoms. The van der Waals surface area contributed by atoms with Gasteiger partial charge in [0, 0.05) is 55.9 Å². The molecule has 0 saturated carbocycles.